The number of aliphatic imine (C=N–C) groups is 1. The summed E-state index contributed by atoms with van der Waals surface area (Å²) in [7, 11) is 0. The van der Waals surface area contributed by atoms with Gasteiger partial charge in [-0.25, -0.2) is 9.98 Å². The topological polar surface area (TPSA) is 71.7 Å². The van der Waals surface area contributed by atoms with Gasteiger partial charge in [0.05, 0.1) is 25.4 Å². The number of aromatic nitrogens is 1. The van der Waals surface area contributed by atoms with Gasteiger partial charge in [-0.05, 0) is 31.9 Å². The van der Waals surface area contributed by atoms with Crippen LogP contribution >= 0.6 is 24.0 Å². The molecule has 0 atom stereocenters. The third kappa shape index (κ3) is 9.48. The van der Waals surface area contributed by atoms with Crippen LogP contribution in [0.25, 0.3) is 0 Å². The van der Waals surface area contributed by atoms with Gasteiger partial charge in [-0.1, -0.05) is 24.3 Å². The molecule has 0 bridgehead atoms. The van der Waals surface area contributed by atoms with Gasteiger partial charge in [-0.3, -0.25) is 0 Å². The quantitative estimate of drug-likeness (QED) is 0.306. The summed E-state index contributed by atoms with van der Waals surface area (Å²) in [6.45, 7) is 5.92. The number of nitrogens with zero attached hydrogens (tertiary/aromatic N) is 2. The highest BCUT2D eigenvalue weighted by Gasteiger charge is 2.27. The number of rotatable bonds is 8. The standard InChI is InChI=1S/C19H25F3N4O2.HI/c1-4-23-18(25-10-17-26-13(2)14(3)28-17)24-9-15-5-7-16(8-6-15)11-27-12-19(20,21)22;/h5-8H,4,9-12H2,1-3H3,(H2,23,24,25);1H. The third-order valence-corrected chi connectivity index (χ3v) is 3.80. The Morgan fingerprint density at radius 1 is 1.14 bits per heavy atom. The van der Waals surface area contributed by atoms with E-state index in [2.05, 4.69) is 25.3 Å². The molecule has 0 saturated heterocycles. The van der Waals surface area contributed by atoms with Crippen molar-refractivity contribution in [2.45, 2.75) is 46.6 Å². The van der Waals surface area contributed by atoms with Crippen LogP contribution < -0.4 is 10.6 Å². The van der Waals surface area contributed by atoms with Crippen LogP contribution in [0, 0.1) is 13.8 Å². The van der Waals surface area contributed by atoms with E-state index in [4.69, 9.17) is 4.42 Å². The number of benzene rings is 1. The van der Waals surface area contributed by atoms with E-state index < -0.39 is 12.8 Å². The molecule has 0 fully saturated rings. The van der Waals surface area contributed by atoms with Gasteiger partial charge in [0.2, 0.25) is 5.89 Å². The number of oxazole rings is 1. The Labute approximate surface area is 185 Å². The molecule has 0 aliphatic heterocycles. The zero-order valence-electron chi connectivity index (χ0n) is 16.6. The minimum Gasteiger partial charge on any atom is -0.444 e. The van der Waals surface area contributed by atoms with Gasteiger partial charge in [0.25, 0.3) is 0 Å². The van der Waals surface area contributed by atoms with Gasteiger partial charge < -0.3 is 19.8 Å². The van der Waals surface area contributed by atoms with Crippen LogP contribution in [-0.2, 0) is 24.4 Å². The fraction of sp³-hybridized carbons (Fsp3) is 0.474. The van der Waals surface area contributed by atoms with E-state index in [1.807, 2.05) is 32.9 Å². The average Bonchev–Trinajstić information content (AvgIpc) is 2.95. The largest absolute Gasteiger partial charge is 0.444 e. The van der Waals surface area contributed by atoms with E-state index in [1.54, 1.807) is 12.1 Å². The van der Waals surface area contributed by atoms with Crippen molar-refractivity contribution >= 4 is 29.9 Å². The lowest BCUT2D eigenvalue weighted by molar-refractivity contribution is -0.176. The summed E-state index contributed by atoms with van der Waals surface area (Å²) < 4.78 is 46.5. The Kier molecular flexibility index (Phi) is 10.4. The summed E-state index contributed by atoms with van der Waals surface area (Å²) in [6.07, 6.45) is -4.31. The summed E-state index contributed by atoms with van der Waals surface area (Å²) in [5.74, 6) is 2.00. The minimum atomic E-state index is -4.31. The number of nitrogens with one attached hydrogen (secondary N) is 2. The molecule has 1 heterocycles. The molecule has 2 aromatic rings. The van der Waals surface area contributed by atoms with Crippen LogP contribution in [0.2, 0.25) is 0 Å². The van der Waals surface area contributed by atoms with Crippen molar-refractivity contribution in [3.8, 4) is 0 Å². The smallest absolute Gasteiger partial charge is 0.411 e. The van der Waals surface area contributed by atoms with Crippen LogP contribution in [0.1, 0.15) is 35.4 Å². The second-order valence-corrected chi connectivity index (χ2v) is 6.22. The van der Waals surface area contributed by atoms with Crippen LogP contribution in [0.5, 0.6) is 0 Å². The Hall–Kier alpha value is -1.82. The monoisotopic (exact) mass is 526 g/mol. The fourth-order valence-electron chi connectivity index (χ4n) is 2.31. The van der Waals surface area contributed by atoms with Crippen LogP contribution in [0.4, 0.5) is 13.2 Å². The van der Waals surface area contributed by atoms with Gasteiger partial charge in [0.15, 0.2) is 5.96 Å². The number of ether oxygens (including phenoxy) is 1. The summed E-state index contributed by atoms with van der Waals surface area (Å²) in [5, 5.41) is 6.30. The van der Waals surface area contributed by atoms with Crippen molar-refractivity contribution in [3.63, 3.8) is 0 Å². The van der Waals surface area contributed by atoms with E-state index in [-0.39, 0.29) is 30.6 Å². The first-order chi connectivity index (χ1) is 13.3. The molecule has 10 heteroatoms. The Morgan fingerprint density at radius 2 is 1.79 bits per heavy atom. The second-order valence-electron chi connectivity index (χ2n) is 6.22. The highest BCUT2D eigenvalue weighted by molar-refractivity contribution is 14.0. The number of hydrogen-bond donors (Lipinski definition) is 2. The zero-order chi connectivity index (χ0) is 20.6. The second kappa shape index (κ2) is 12.0. The van der Waals surface area contributed by atoms with Crippen molar-refractivity contribution in [1.82, 2.24) is 15.6 Å². The Morgan fingerprint density at radius 3 is 2.34 bits per heavy atom. The number of hydrogen-bond acceptors (Lipinski definition) is 4. The first-order valence-electron chi connectivity index (χ1n) is 8.94. The maximum absolute atomic E-state index is 12.1. The lowest BCUT2D eigenvalue weighted by Crippen LogP contribution is -2.36. The Balaban J connectivity index is 0.00000420. The van der Waals surface area contributed by atoms with Gasteiger partial charge in [-0.2, -0.15) is 13.2 Å². The molecule has 1 aromatic heterocycles. The molecule has 162 valence electrons. The van der Waals surface area contributed by atoms with Crippen LogP contribution in [-0.4, -0.2) is 30.3 Å². The molecule has 0 aliphatic carbocycles. The first kappa shape index (κ1) is 25.2. The molecule has 2 N–H and O–H groups in total. The maximum atomic E-state index is 12.1. The molecule has 29 heavy (non-hydrogen) atoms. The van der Waals surface area contributed by atoms with E-state index in [0.717, 1.165) is 17.0 Å². The molecule has 1 aromatic carbocycles. The lowest BCUT2D eigenvalue weighted by atomic mass is 10.1. The lowest BCUT2D eigenvalue weighted by Gasteiger charge is -2.10. The molecule has 0 aliphatic rings. The fourth-order valence-corrected chi connectivity index (χ4v) is 2.31. The van der Waals surface area contributed by atoms with Crippen molar-refractivity contribution in [2.24, 2.45) is 4.99 Å². The normalized spacial score (nSPS) is 11.9. The highest BCUT2D eigenvalue weighted by Crippen LogP contribution is 2.16. The molecule has 0 amide bonds. The summed E-state index contributed by atoms with van der Waals surface area (Å²) in [4.78, 5) is 8.81. The van der Waals surface area contributed by atoms with Gasteiger partial charge in [0.1, 0.15) is 12.4 Å². The van der Waals surface area contributed by atoms with Gasteiger partial charge in [0, 0.05) is 6.54 Å². The predicted molar refractivity (Wildman–Crippen MR) is 115 cm³/mol. The van der Waals surface area contributed by atoms with Crippen molar-refractivity contribution in [1.29, 1.82) is 0 Å². The maximum Gasteiger partial charge on any atom is 0.411 e. The number of guanidine groups is 1. The molecule has 6 nitrogen and oxygen atoms in total. The molecule has 0 radical (unpaired) electrons. The Bertz CT molecular complexity index is 757. The molecule has 0 spiro atoms. The minimum absolute atomic E-state index is 0. The molecular formula is C19H26F3IN4O2. The first-order valence-corrected chi connectivity index (χ1v) is 8.94. The molecule has 0 unspecified atom stereocenters. The SMILES string of the molecule is CCNC(=NCc1ccc(COCC(F)(F)F)cc1)NCc1nc(C)c(C)o1.I. The van der Waals surface area contributed by atoms with E-state index in [9.17, 15) is 13.2 Å². The van der Waals surface area contributed by atoms with Crippen LogP contribution in [0.15, 0.2) is 33.7 Å². The number of aryl methyl sites for hydroxylation is 2. The summed E-state index contributed by atoms with van der Waals surface area (Å²) >= 11 is 0. The van der Waals surface area contributed by atoms with E-state index >= 15 is 0 Å². The predicted octanol–water partition coefficient (Wildman–Crippen LogP) is 4.24. The molecule has 0 saturated carbocycles. The number of halogens is 4. The molecule has 2 rings (SSSR count). The van der Waals surface area contributed by atoms with Crippen LogP contribution in [0.3, 0.4) is 0 Å². The number of alkyl halides is 3. The average molecular weight is 526 g/mol. The highest BCUT2D eigenvalue weighted by atomic mass is 127. The zero-order valence-corrected chi connectivity index (χ0v) is 18.9. The van der Waals surface area contributed by atoms with Gasteiger partial charge >= 0.3 is 6.18 Å². The van der Waals surface area contributed by atoms with E-state index in [0.29, 0.717) is 37.0 Å². The van der Waals surface area contributed by atoms with Crippen molar-refractivity contribution < 1.29 is 22.3 Å². The van der Waals surface area contributed by atoms with Crippen molar-refractivity contribution in [2.75, 3.05) is 13.2 Å². The van der Waals surface area contributed by atoms with E-state index in [1.165, 1.54) is 0 Å². The summed E-state index contributed by atoms with van der Waals surface area (Å²) in [5.41, 5.74) is 2.47. The van der Waals surface area contributed by atoms with Crippen molar-refractivity contribution in [3.05, 3.63) is 52.7 Å². The third-order valence-electron chi connectivity index (χ3n) is 3.80. The van der Waals surface area contributed by atoms with Gasteiger partial charge in [-0.15, -0.1) is 24.0 Å². The summed E-state index contributed by atoms with van der Waals surface area (Å²) in [6, 6.07) is 7.11. The molecular weight excluding hydrogens is 500 g/mol.